The molecule has 2 rings (SSSR count). The second-order valence-electron chi connectivity index (χ2n) is 5.62. The Hall–Kier alpha value is 0.01000. The van der Waals surface area contributed by atoms with Crippen molar-refractivity contribution in [3.63, 3.8) is 0 Å². The normalized spacial score (nSPS) is 32.9. The van der Waals surface area contributed by atoms with E-state index in [0.717, 1.165) is 13.1 Å². The molecular formula is C12H20Cl2N2O. The maximum Gasteiger partial charge on any atom is 0.257 e. The molecule has 1 amide bonds. The van der Waals surface area contributed by atoms with E-state index in [1.54, 1.807) is 0 Å². The fourth-order valence-electron chi connectivity index (χ4n) is 3.33. The van der Waals surface area contributed by atoms with E-state index < -0.39 is 4.84 Å². The minimum Gasteiger partial charge on any atom is -0.322 e. The summed E-state index contributed by atoms with van der Waals surface area (Å²) in [5.41, 5.74) is -0.271. The van der Waals surface area contributed by atoms with E-state index in [4.69, 9.17) is 23.2 Å². The molecule has 0 aromatic rings. The van der Waals surface area contributed by atoms with Crippen molar-refractivity contribution >= 4 is 29.1 Å². The third-order valence-electron chi connectivity index (χ3n) is 4.24. The van der Waals surface area contributed by atoms with Crippen LogP contribution >= 0.6 is 23.2 Å². The van der Waals surface area contributed by atoms with Gasteiger partial charge in [-0.25, -0.2) is 0 Å². The zero-order valence-electron chi connectivity index (χ0n) is 10.6. The number of hydrogen-bond donors (Lipinski definition) is 0. The third-order valence-corrected chi connectivity index (χ3v) is 4.62. The Labute approximate surface area is 113 Å². The minimum absolute atomic E-state index is 0.171. The van der Waals surface area contributed by atoms with Crippen LogP contribution in [0, 0.1) is 5.92 Å². The molecule has 0 aliphatic carbocycles. The lowest BCUT2D eigenvalue weighted by molar-refractivity contribution is -0.156. The van der Waals surface area contributed by atoms with Gasteiger partial charge in [0, 0.05) is 19.1 Å². The summed E-state index contributed by atoms with van der Waals surface area (Å²) in [6, 6.07) is 0.596. The van der Waals surface area contributed by atoms with Gasteiger partial charge >= 0.3 is 0 Å². The summed E-state index contributed by atoms with van der Waals surface area (Å²) in [5.74, 6) is 0.317. The summed E-state index contributed by atoms with van der Waals surface area (Å²) in [6.45, 7) is 8.19. The molecule has 2 saturated heterocycles. The Balaban J connectivity index is 2.26. The molecule has 98 valence electrons. The molecule has 0 radical (unpaired) electrons. The second-order valence-corrected chi connectivity index (χ2v) is 6.72. The monoisotopic (exact) mass is 278 g/mol. The molecule has 17 heavy (non-hydrogen) atoms. The Bertz CT molecular complexity index is 320. The van der Waals surface area contributed by atoms with Crippen LogP contribution in [0.2, 0.25) is 0 Å². The molecule has 0 N–H and O–H groups in total. The van der Waals surface area contributed by atoms with E-state index in [1.165, 1.54) is 12.8 Å². The van der Waals surface area contributed by atoms with Gasteiger partial charge in [0.05, 0.1) is 5.66 Å². The Morgan fingerprint density at radius 1 is 1.41 bits per heavy atom. The number of rotatable bonds is 1. The summed E-state index contributed by atoms with van der Waals surface area (Å²) < 4.78 is 0. The first-order valence-corrected chi connectivity index (χ1v) is 7.09. The van der Waals surface area contributed by atoms with Crippen molar-refractivity contribution in [1.82, 2.24) is 9.80 Å². The van der Waals surface area contributed by atoms with Crippen LogP contribution in [0.1, 0.15) is 33.6 Å². The highest BCUT2D eigenvalue weighted by Crippen LogP contribution is 2.38. The van der Waals surface area contributed by atoms with Crippen LogP contribution in [0.15, 0.2) is 0 Å². The molecule has 2 aliphatic heterocycles. The zero-order chi connectivity index (χ0) is 12.8. The SMILES string of the molecule is CC1CN(C(=O)C(Cl)Cl)C(C)(C)N2CCCC12. The molecule has 0 spiro atoms. The van der Waals surface area contributed by atoms with Crippen molar-refractivity contribution in [3.05, 3.63) is 0 Å². The van der Waals surface area contributed by atoms with Crippen molar-refractivity contribution in [1.29, 1.82) is 0 Å². The molecule has 2 aliphatic rings. The quantitative estimate of drug-likeness (QED) is 0.688. The second kappa shape index (κ2) is 4.60. The average molecular weight is 279 g/mol. The van der Waals surface area contributed by atoms with Crippen LogP contribution < -0.4 is 0 Å². The van der Waals surface area contributed by atoms with Crippen LogP contribution in [-0.2, 0) is 4.79 Å². The van der Waals surface area contributed by atoms with Gasteiger partial charge in [0.2, 0.25) is 0 Å². The summed E-state index contributed by atoms with van der Waals surface area (Å²) in [4.78, 5) is 15.4. The van der Waals surface area contributed by atoms with Gasteiger partial charge in [-0.05, 0) is 32.6 Å². The fraction of sp³-hybridized carbons (Fsp3) is 0.917. The number of halogens is 2. The van der Waals surface area contributed by atoms with Gasteiger partial charge in [0.15, 0.2) is 4.84 Å². The summed E-state index contributed by atoms with van der Waals surface area (Å²) in [6.07, 6.45) is 2.45. The van der Waals surface area contributed by atoms with E-state index in [0.29, 0.717) is 12.0 Å². The lowest BCUT2D eigenvalue weighted by Gasteiger charge is -2.54. The largest absolute Gasteiger partial charge is 0.322 e. The molecular weight excluding hydrogens is 259 g/mol. The van der Waals surface area contributed by atoms with Crippen LogP contribution in [0.3, 0.4) is 0 Å². The smallest absolute Gasteiger partial charge is 0.257 e. The summed E-state index contributed by atoms with van der Waals surface area (Å²) >= 11 is 11.5. The highest BCUT2D eigenvalue weighted by molar-refractivity contribution is 6.53. The van der Waals surface area contributed by atoms with Crippen molar-refractivity contribution in [2.45, 2.75) is 50.2 Å². The summed E-state index contributed by atoms with van der Waals surface area (Å²) in [5, 5.41) is 0. The van der Waals surface area contributed by atoms with Crippen LogP contribution in [-0.4, -0.2) is 45.3 Å². The molecule has 0 bridgehead atoms. The number of nitrogens with zero attached hydrogens (tertiary/aromatic N) is 2. The van der Waals surface area contributed by atoms with Crippen molar-refractivity contribution in [2.24, 2.45) is 5.92 Å². The van der Waals surface area contributed by atoms with Crippen LogP contribution in [0.5, 0.6) is 0 Å². The predicted molar refractivity (Wildman–Crippen MR) is 70.2 cm³/mol. The molecule has 2 atom stereocenters. The van der Waals surface area contributed by atoms with E-state index in [9.17, 15) is 4.79 Å². The minimum atomic E-state index is -0.958. The standard InChI is InChI=1S/C12H20Cl2N2O/c1-8-7-16(11(17)10(13)14)12(2,3)15-6-4-5-9(8)15/h8-10H,4-7H2,1-3H3. The van der Waals surface area contributed by atoms with Gasteiger partial charge in [0.1, 0.15) is 0 Å². The maximum atomic E-state index is 12.1. The number of amides is 1. The van der Waals surface area contributed by atoms with Gasteiger partial charge in [-0.15, -0.1) is 0 Å². The highest BCUT2D eigenvalue weighted by atomic mass is 35.5. The van der Waals surface area contributed by atoms with Crippen molar-refractivity contribution in [2.75, 3.05) is 13.1 Å². The fourth-order valence-corrected chi connectivity index (χ4v) is 3.56. The lowest BCUT2D eigenvalue weighted by Crippen LogP contribution is -2.67. The van der Waals surface area contributed by atoms with Gasteiger partial charge in [-0.3, -0.25) is 9.69 Å². The first-order chi connectivity index (χ1) is 7.85. The molecule has 0 aromatic carbocycles. The predicted octanol–water partition coefficient (Wildman–Crippen LogP) is 2.47. The third kappa shape index (κ3) is 2.18. The number of carbonyl (C=O) groups excluding carboxylic acids is 1. The molecule has 0 saturated carbocycles. The van der Waals surface area contributed by atoms with Crippen LogP contribution in [0.25, 0.3) is 0 Å². The number of fused-ring (bicyclic) bond motifs is 1. The molecule has 3 nitrogen and oxygen atoms in total. The van der Waals surface area contributed by atoms with Crippen molar-refractivity contribution < 1.29 is 4.79 Å². The van der Waals surface area contributed by atoms with Crippen molar-refractivity contribution in [3.8, 4) is 0 Å². The Kier molecular flexibility index (Phi) is 3.64. The van der Waals surface area contributed by atoms with Crippen LogP contribution in [0.4, 0.5) is 0 Å². The maximum absolute atomic E-state index is 12.1. The average Bonchev–Trinajstić information content (AvgIpc) is 2.72. The van der Waals surface area contributed by atoms with E-state index in [1.807, 2.05) is 4.90 Å². The Morgan fingerprint density at radius 2 is 2.06 bits per heavy atom. The molecule has 0 aromatic heterocycles. The lowest BCUT2D eigenvalue weighted by atomic mass is 9.91. The van der Waals surface area contributed by atoms with E-state index in [-0.39, 0.29) is 11.6 Å². The topological polar surface area (TPSA) is 23.6 Å². The number of carbonyl (C=O) groups is 1. The zero-order valence-corrected chi connectivity index (χ0v) is 12.1. The molecule has 2 fully saturated rings. The highest BCUT2D eigenvalue weighted by Gasteiger charge is 2.49. The van der Waals surface area contributed by atoms with Gasteiger partial charge < -0.3 is 4.90 Å². The first-order valence-electron chi connectivity index (χ1n) is 6.22. The molecule has 2 heterocycles. The molecule has 2 unspecified atom stereocenters. The van der Waals surface area contributed by atoms with Gasteiger partial charge in [-0.1, -0.05) is 30.1 Å². The first kappa shape index (κ1) is 13.4. The van der Waals surface area contributed by atoms with E-state index >= 15 is 0 Å². The van der Waals surface area contributed by atoms with Gasteiger partial charge in [0.25, 0.3) is 5.91 Å². The molecule has 5 heteroatoms. The van der Waals surface area contributed by atoms with E-state index in [2.05, 4.69) is 25.7 Å². The summed E-state index contributed by atoms with van der Waals surface area (Å²) in [7, 11) is 0. The Morgan fingerprint density at radius 3 is 2.65 bits per heavy atom. The van der Waals surface area contributed by atoms with Gasteiger partial charge in [-0.2, -0.15) is 0 Å². The number of hydrogen-bond acceptors (Lipinski definition) is 2. The number of alkyl halides is 2.